The standard InChI is InChI=1S/C22H37N5O3.HI/c1-5-7-9-18(6-2)16-23-22(24-17-20(28)25(3)4)27-13-11-26(12-14-27)21(29)19-10-8-15-30-19;/h8,10,15,18H,5-7,9,11-14,16-17H2,1-4H3,(H,23,24);1H. The van der Waals surface area contributed by atoms with E-state index in [2.05, 4.69) is 29.1 Å². The topological polar surface area (TPSA) is 81.4 Å². The Morgan fingerprint density at radius 1 is 1.19 bits per heavy atom. The van der Waals surface area contributed by atoms with Crippen molar-refractivity contribution in [3.05, 3.63) is 24.2 Å². The van der Waals surface area contributed by atoms with Crippen molar-refractivity contribution in [3.8, 4) is 0 Å². The number of hydrogen-bond donors (Lipinski definition) is 1. The number of unbranched alkanes of at least 4 members (excludes halogenated alkanes) is 1. The minimum atomic E-state index is -0.0838. The van der Waals surface area contributed by atoms with Gasteiger partial charge in [0, 0.05) is 46.8 Å². The fraction of sp³-hybridized carbons (Fsp3) is 0.682. The van der Waals surface area contributed by atoms with Crippen molar-refractivity contribution >= 4 is 41.8 Å². The first-order chi connectivity index (χ1) is 14.5. The molecule has 1 atom stereocenters. The maximum atomic E-state index is 12.5. The van der Waals surface area contributed by atoms with Crippen molar-refractivity contribution in [2.24, 2.45) is 10.9 Å². The molecule has 1 aromatic heterocycles. The maximum absolute atomic E-state index is 12.5. The summed E-state index contributed by atoms with van der Waals surface area (Å²) in [6, 6.07) is 3.42. The molecule has 31 heavy (non-hydrogen) atoms. The van der Waals surface area contributed by atoms with E-state index in [9.17, 15) is 9.59 Å². The van der Waals surface area contributed by atoms with Crippen LogP contribution in [0.15, 0.2) is 27.8 Å². The highest BCUT2D eigenvalue weighted by molar-refractivity contribution is 14.0. The van der Waals surface area contributed by atoms with Crippen molar-refractivity contribution in [1.29, 1.82) is 0 Å². The van der Waals surface area contributed by atoms with Gasteiger partial charge < -0.3 is 24.4 Å². The number of piperazine rings is 1. The first-order valence-corrected chi connectivity index (χ1v) is 11.0. The third-order valence-corrected chi connectivity index (χ3v) is 5.55. The first-order valence-electron chi connectivity index (χ1n) is 11.0. The van der Waals surface area contributed by atoms with Gasteiger partial charge >= 0.3 is 0 Å². The summed E-state index contributed by atoms with van der Waals surface area (Å²) < 4.78 is 5.24. The number of furan rings is 1. The quantitative estimate of drug-likeness (QED) is 0.292. The minimum absolute atomic E-state index is 0. The molecule has 1 fully saturated rings. The van der Waals surface area contributed by atoms with Gasteiger partial charge in [0.05, 0.1) is 6.26 Å². The number of hydrogen-bond acceptors (Lipinski definition) is 4. The molecule has 2 amide bonds. The Hall–Kier alpha value is -1.78. The van der Waals surface area contributed by atoms with Gasteiger partial charge in [0.2, 0.25) is 5.91 Å². The van der Waals surface area contributed by atoms with Gasteiger partial charge in [0.15, 0.2) is 11.7 Å². The van der Waals surface area contributed by atoms with Crippen LogP contribution in [0.25, 0.3) is 0 Å². The Kier molecular flexibility index (Phi) is 12.6. The second-order valence-electron chi connectivity index (χ2n) is 7.98. The second kappa shape index (κ2) is 14.3. The van der Waals surface area contributed by atoms with E-state index in [0.29, 0.717) is 37.9 Å². The lowest BCUT2D eigenvalue weighted by atomic mass is 9.99. The number of rotatable bonds is 9. The fourth-order valence-electron chi connectivity index (χ4n) is 3.41. The summed E-state index contributed by atoms with van der Waals surface area (Å²) in [5.41, 5.74) is 0. The number of guanidine groups is 1. The van der Waals surface area contributed by atoms with E-state index in [4.69, 9.17) is 4.42 Å². The van der Waals surface area contributed by atoms with Crippen LogP contribution in [0, 0.1) is 5.92 Å². The average molecular weight is 547 g/mol. The molecule has 1 unspecified atom stereocenters. The summed E-state index contributed by atoms with van der Waals surface area (Å²) in [6.45, 7) is 7.91. The summed E-state index contributed by atoms with van der Waals surface area (Å²) in [5.74, 6) is 1.60. The SMILES string of the molecule is CCCCC(CC)CNC(=NCC(=O)N(C)C)N1CCN(C(=O)c2ccco2)CC1.I. The Balaban J connectivity index is 0.00000480. The molecular formula is C22H38IN5O3. The number of halogens is 1. The molecule has 0 radical (unpaired) electrons. The third kappa shape index (κ3) is 8.70. The number of nitrogens with zero attached hydrogens (tertiary/aromatic N) is 4. The zero-order valence-corrected chi connectivity index (χ0v) is 21.6. The number of aliphatic imine (C=N–C) groups is 1. The Labute approximate surface area is 203 Å². The van der Waals surface area contributed by atoms with Gasteiger partial charge in [-0.2, -0.15) is 0 Å². The molecule has 0 saturated carbocycles. The van der Waals surface area contributed by atoms with Gasteiger partial charge in [-0.1, -0.05) is 33.1 Å². The summed E-state index contributed by atoms with van der Waals surface area (Å²) >= 11 is 0. The molecule has 9 heteroatoms. The molecule has 0 bridgehead atoms. The van der Waals surface area contributed by atoms with Crippen molar-refractivity contribution in [3.63, 3.8) is 0 Å². The van der Waals surface area contributed by atoms with Crippen molar-refractivity contribution in [1.82, 2.24) is 20.0 Å². The number of carbonyl (C=O) groups excluding carboxylic acids is 2. The van der Waals surface area contributed by atoms with Crippen molar-refractivity contribution in [2.45, 2.75) is 39.5 Å². The molecule has 1 aliphatic rings. The second-order valence-corrected chi connectivity index (χ2v) is 7.98. The predicted octanol–water partition coefficient (Wildman–Crippen LogP) is 2.91. The molecule has 8 nitrogen and oxygen atoms in total. The lowest BCUT2D eigenvalue weighted by Gasteiger charge is -2.36. The van der Waals surface area contributed by atoms with Crippen molar-refractivity contribution < 1.29 is 14.0 Å². The molecule has 1 saturated heterocycles. The Morgan fingerprint density at radius 3 is 2.42 bits per heavy atom. The molecule has 2 heterocycles. The van der Waals surface area contributed by atoms with E-state index in [1.54, 1.807) is 36.0 Å². The lowest BCUT2D eigenvalue weighted by molar-refractivity contribution is -0.127. The van der Waals surface area contributed by atoms with Gasteiger partial charge in [0.25, 0.3) is 5.91 Å². The Bertz CT molecular complexity index is 685. The molecule has 1 aliphatic heterocycles. The molecular weight excluding hydrogens is 509 g/mol. The summed E-state index contributed by atoms with van der Waals surface area (Å²) in [7, 11) is 3.48. The van der Waals surface area contributed by atoms with Gasteiger partial charge in [-0.3, -0.25) is 9.59 Å². The third-order valence-electron chi connectivity index (χ3n) is 5.55. The maximum Gasteiger partial charge on any atom is 0.289 e. The molecule has 176 valence electrons. The first kappa shape index (κ1) is 27.3. The Morgan fingerprint density at radius 2 is 1.87 bits per heavy atom. The normalized spacial score (nSPS) is 15.3. The van der Waals surface area contributed by atoms with Crippen LogP contribution in [-0.2, 0) is 4.79 Å². The molecule has 0 aliphatic carbocycles. The van der Waals surface area contributed by atoms with Gasteiger partial charge in [0.1, 0.15) is 6.54 Å². The monoisotopic (exact) mass is 547 g/mol. The van der Waals surface area contributed by atoms with E-state index < -0.39 is 0 Å². The predicted molar refractivity (Wildman–Crippen MR) is 134 cm³/mol. The zero-order valence-electron chi connectivity index (χ0n) is 19.3. The highest BCUT2D eigenvalue weighted by Gasteiger charge is 2.25. The minimum Gasteiger partial charge on any atom is -0.459 e. The van der Waals surface area contributed by atoms with E-state index >= 15 is 0 Å². The highest BCUT2D eigenvalue weighted by Crippen LogP contribution is 2.13. The molecule has 0 spiro atoms. The van der Waals surface area contributed by atoms with Crippen LogP contribution >= 0.6 is 24.0 Å². The van der Waals surface area contributed by atoms with Gasteiger partial charge in [-0.15, -0.1) is 24.0 Å². The largest absolute Gasteiger partial charge is 0.459 e. The lowest BCUT2D eigenvalue weighted by Crippen LogP contribution is -2.54. The van der Waals surface area contributed by atoms with Crippen LogP contribution in [0.4, 0.5) is 0 Å². The summed E-state index contributed by atoms with van der Waals surface area (Å²) in [5, 5.41) is 3.50. The smallest absolute Gasteiger partial charge is 0.289 e. The number of nitrogens with one attached hydrogen (secondary N) is 1. The molecule has 1 aromatic rings. The average Bonchev–Trinajstić information content (AvgIpc) is 3.30. The number of carbonyl (C=O) groups is 2. The van der Waals surface area contributed by atoms with Crippen molar-refractivity contribution in [2.75, 3.05) is 53.4 Å². The molecule has 0 aromatic carbocycles. The van der Waals surface area contributed by atoms with Crippen LogP contribution in [0.5, 0.6) is 0 Å². The van der Waals surface area contributed by atoms with Gasteiger partial charge in [-0.25, -0.2) is 4.99 Å². The van der Waals surface area contributed by atoms with Crippen LogP contribution in [0.3, 0.4) is 0 Å². The number of likely N-dealkylation sites (N-methyl/N-ethyl adjacent to an activating group) is 1. The summed E-state index contributed by atoms with van der Waals surface area (Å²) in [6.07, 6.45) is 6.24. The van der Waals surface area contributed by atoms with E-state index in [0.717, 1.165) is 18.9 Å². The van der Waals surface area contributed by atoms with E-state index in [-0.39, 0.29) is 42.3 Å². The highest BCUT2D eigenvalue weighted by atomic mass is 127. The van der Waals surface area contributed by atoms with Crippen LogP contribution in [0.2, 0.25) is 0 Å². The number of amides is 2. The van der Waals surface area contributed by atoms with Gasteiger partial charge in [-0.05, 0) is 24.5 Å². The molecule has 1 N–H and O–H groups in total. The van der Waals surface area contributed by atoms with Crippen LogP contribution in [-0.4, -0.2) is 85.8 Å². The van der Waals surface area contributed by atoms with Crippen LogP contribution < -0.4 is 5.32 Å². The summed E-state index contributed by atoms with van der Waals surface area (Å²) in [4.78, 5) is 34.6. The fourth-order valence-corrected chi connectivity index (χ4v) is 3.41. The zero-order chi connectivity index (χ0) is 21.9. The van der Waals surface area contributed by atoms with E-state index in [1.165, 1.54) is 25.5 Å². The molecule has 2 rings (SSSR count). The van der Waals surface area contributed by atoms with E-state index in [1.807, 2.05) is 0 Å². The van der Waals surface area contributed by atoms with Crippen LogP contribution in [0.1, 0.15) is 50.1 Å².